The lowest BCUT2D eigenvalue weighted by atomic mass is 9.98. The average Bonchev–Trinajstić information content (AvgIpc) is 4.07. The highest BCUT2D eigenvalue weighted by molar-refractivity contribution is 6.21. The molecule has 2 N–H and O–H groups in total. The number of carbonyl (C=O) groups excluding carboxylic acids is 4. The molecule has 72 heavy (non-hydrogen) atoms. The molecular weight excluding hydrogens is 926 g/mol. The number of alkyl carbamates (subject to hydrolysis) is 1. The second kappa shape index (κ2) is 20.2. The van der Waals surface area contributed by atoms with E-state index >= 15 is 4.39 Å². The van der Waals surface area contributed by atoms with Crippen molar-refractivity contribution < 1.29 is 42.5 Å². The molecule has 2 fully saturated rings. The Morgan fingerprint density at radius 1 is 0.931 bits per heavy atom. The number of aromatic amines is 1. The summed E-state index contributed by atoms with van der Waals surface area (Å²) in [5.74, 6) is -2.75. The average molecular weight is 978 g/mol. The number of esters is 2. The molecule has 0 aliphatic carbocycles. The highest BCUT2D eigenvalue weighted by Gasteiger charge is 2.42. The molecule has 2 aliphatic heterocycles. The zero-order chi connectivity index (χ0) is 51.0. The summed E-state index contributed by atoms with van der Waals surface area (Å²) in [6.45, 7) is 6.84. The predicted molar refractivity (Wildman–Crippen MR) is 265 cm³/mol. The van der Waals surface area contributed by atoms with Crippen molar-refractivity contribution in [3.05, 3.63) is 130 Å². The maximum atomic E-state index is 16.5. The lowest BCUT2D eigenvalue weighted by Gasteiger charge is -2.29. The molecule has 4 aromatic heterocycles. The number of likely N-dealkylation sites (tertiary alicyclic amines) is 1. The van der Waals surface area contributed by atoms with E-state index in [-0.39, 0.29) is 58.0 Å². The molecular formula is C53H52FN9O9. The van der Waals surface area contributed by atoms with Crippen molar-refractivity contribution in [2.45, 2.75) is 58.8 Å². The third kappa shape index (κ3) is 9.48. The minimum atomic E-state index is -1.47. The number of anilines is 2. The number of aryl methyl sites for hydroxylation is 1. The van der Waals surface area contributed by atoms with Gasteiger partial charge in [0.15, 0.2) is 0 Å². The molecule has 3 aromatic carbocycles. The fourth-order valence-corrected chi connectivity index (χ4v) is 9.73. The van der Waals surface area contributed by atoms with Crippen LogP contribution in [0.3, 0.4) is 0 Å². The second-order valence-corrected chi connectivity index (χ2v) is 18.5. The number of H-pyrrole nitrogens is 1. The summed E-state index contributed by atoms with van der Waals surface area (Å²) < 4.78 is 40.0. The van der Waals surface area contributed by atoms with Crippen molar-refractivity contribution >= 4 is 68.5 Å². The van der Waals surface area contributed by atoms with Gasteiger partial charge in [-0.15, -0.1) is 0 Å². The van der Waals surface area contributed by atoms with Crippen molar-refractivity contribution in [2.75, 3.05) is 43.5 Å². The Kier molecular flexibility index (Phi) is 13.6. The molecule has 19 heteroatoms. The summed E-state index contributed by atoms with van der Waals surface area (Å²) in [5, 5.41) is 13.8. The molecule has 2 aliphatic rings. The SMILES string of the molecule is CC(OC(=O)C(NC(=O)OCc1ccccc1)C(C)C)OC(=O)N(C)c1cc(F)c(C#N)c2c1[nH]c1ncc(-c3cnc4c(c3)c(=O)c(C(=O)OCc3ccccc3)cn4C)c(N3CC[C@H]4CN(C)C[C@H]43)c12. The first-order chi connectivity index (χ1) is 34.6. The van der Waals surface area contributed by atoms with Crippen molar-refractivity contribution in [1.29, 1.82) is 5.26 Å². The summed E-state index contributed by atoms with van der Waals surface area (Å²) in [6, 6.07) is 21.7. The van der Waals surface area contributed by atoms with E-state index in [1.807, 2.05) is 49.5 Å². The number of nitrogens with zero attached hydrogens (tertiary/aromatic N) is 7. The number of ether oxygens (including phenoxy) is 4. The lowest BCUT2D eigenvalue weighted by Crippen LogP contribution is -2.46. The van der Waals surface area contributed by atoms with Crippen LogP contribution in [0.1, 0.15) is 54.2 Å². The number of pyridine rings is 3. The molecule has 2 unspecified atom stereocenters. The van der Waals surface area contributed by atoms with Crippen molar-refractivity contribution in [1.82, 2.24) is 29.7 Å². The number of amides is 2. The standard InChI is InChI=1S/C53H52FN9O9/c1-29(2)44(59-52(67)70-28-32-15-11-8-12-16-32)51(66)71-30(3)72-53(68)62(6)40-20-39(54)36(21-55)42-43-46(63-18-17-33-24-60(4)26-41(33)63)37(23-56-48(43)58-45(40)42)34-19-35-47(64)38(25-61(5)49(35)57-22-34)50(65)69-27-31-13-9-7-10-14-31/h7-16,19-20,22-23,25,29-30,33,41,44H,17-18,24,26-28H2,1-6H3,(H,56,58)(H,59,67)/t30?,33-,41+,44?/m0/s1. The van der Waals surface area contributed by atoms with Gasteiger partial charge in [0.05, 0.1) is 33.2 Å². The normalized spacial score (nSPS) is 16.3. The van der Waals surface area contributed by atoms with Crippen LogP contribution in [0.25, 0.3) is 44.1 Å². The monoisotopic (exact) mass is 977 g/mol. The van der Waals surface area contributed by atoms with Gasteiger partial charge in [0.1, 0.15) is 48.0 Å². The number of halogens is 1. The van der Waals surface area contributed by atoms with Gasteiger partial charge in [-0.05, 0) is 42.5 Å². The minimum absolute atomic E-state index is 0.0131. The molecule has 7 aromatic rings. The summed E-state index contributed by atoms with van der Waals surface area (Å²) in [4.78, 5) is 85.8. The number of nitrogens with one attached hydrogen (secondary N) is 2. The Balaban J connectivity index is 1.06. The van der Waals surface area contributed by atoms with E-state index in [4.69, 9.17) is 28.9 Å². The summed E-state index contributed by atoms with van der Waals surface area (Å²) in [6.07, 6.45) is 2.14. The van der Waals surface area contributed by atoms with Gasteiger partial charge in [0.2, 0.25) is 11.7 Å². The first-order valence-electron chi connectivity index (χ1n) is 23.5. The number of rotatable bonds is 13. The van der Waals surface area contributed by atoms with Crippen LogP contribution in [0.15, 0.2) is 96.2 Å². The number of likely N-dealkylation sites (N-methyl/N-ethyl adjacent to an activating group) is 1. The molecule has 2 amide bonds. The smallest absolute Gasteiger partial charge is 0.417 e. The lowest BCUT2D eigenvalue weighted by molar-refractivity contribution is -0.168. The van der Waals surface area contributed by atoms with Gasteiger partial charge in [0, 0.05) is 87.9 Å². The number of hydrogen-bond donors (Lipinski definition) is 2. The minimum Gasteiger partial charge on any atom is -0.457 e. The molecule has 9 rings (SSSR count). The summed E-state index contributed by atoms with van der Waals surface area (Å²) >= 11 is 0. The molecule has 6 heterocycles. The van der Waals surface area contributed by atoms with Crippen LogP contribution < -0.4 is 20.5 Å². The van der Waals surface area contributed by atoms with Gasteiger partial charge >= 0.3 is 24.1 Å². The third-order valence-corrected chi connectivity index (χ3v) is 13.3. The number of benzene rings is 3. The van der Waals surface area contributed by atoms with Gasteiger partial charge in [-0.3, -0.25) is 9.69 Å². The second-order valence-electron chi connectivity index (χ2n) is 18.5. The van der Waals surface area contributed by atoms with E-state index in [0.29, 0.717) is 40.3 Å². The van der Waals surface area contributed by atoms with Crippen LogP contribution in [-0.2, 0) is 44.0 Å². The largest absolute Gasteiger partial charge is 0.457 e. The Hall–Kier alpha value is -8.37. The zero-order valence-corrected chi connectivity index (χ0v) is 40.5. The Labute approximate surface area is 412 Å². The van der Waals surface area contributed by atoms with E-state index in [1.165, 1.54) is 20.2 Å². The first-order valence-corrected chi connectivity index (χ1v) is 23.5. The summed E-state index contributed by atoms with van der Waals surface area (Å²) in [7, 11) is 5.07. The van der Waals surface area contributed by atoms with Crippen LogP contribution in [0.4, 0.5) is 25.4 Å². The number of aromatic nitrogens is 4. The fourth-order valence-electron chi connectivity index (χ4n) is 9.73. The van der Waals surface area contributed by atoms with Crippen LogP contribution in [0, 0.1) is 29.0 Å². The third-order valence-electron chi connectivity index (χ3n) is 13.3. The molecule has 0 spiro atoms. The molecule has 0 saturated carbocycles. The number of nitriles is 1. The molecule has 0 radical (unpaired) electrons. The van der Waals surface area contributed by atoms with Gasteiger partial charge in [-0.1, -0.05) is 74.5 Å². The van der Waals surface area contributed by atoms with Crippen molar-refractivity contribution in [2.24, 2.45) is 18.9 Å². The van der Waals surface area contributed by atoms with Crippen LogP contribution >= 0.6 is 0 Å². The number of carbonyl (C=O) groups is 4. The Morgan fingerprint density at radius 3 is 2.31 bits per heavy atom. The number of hydrogen-bond acceptors (Lipinski definition) is 14. The van der Waals surface area contributed by atoms with Crippen LogP contribution in [-0.4, -0.2) is 101 Å². The highest BCUT2D eigenvalue weighted by Crippen LogP contribution is 2.47. The van der Waals surface area contributed by atoms with Gasteiger partial charge in [0.25, 0.3) is 0 Å². The van der Waals surface area contributed by atoms with E-state index in [9.17, 15) is 29.2 Å². The van der Waals surface area contributed by atoms with Gasteiger partial charge < -0.3 is 43.6 Å². The Morgan fingerprint density at radius 2 is 1.62 bits per heavy atom. The molecule has 4 atom stereocenters. The van der Waals surface area contributed by atoms with Crippen LogP contribution in [0.2, 0.25) is 0 Å². The van der Waals surface area contributed by atoms with Crippen molar-refractivity contribution in [3.63, 3.8) is 0 Å². The van der Waals surface area contributed by atoms with E-state index < -0.39 is 53.6 Å². The predicted octanol–water partition coefficient (Wildman–Crippen LogP) is 7.55. The maximum Gasteiger partial charge on any atom is 0.417 e. The van der Waals surface area contributed by atoms with E-state index in [2.05, 4.69) is 20.1 Å². The van der Waals surface area contributed by atoms with Crippen molar-refractivity contribution in [3.8, 4) is 17.2 Å². The van der Waals surface area contributed by atoms with Gasteiger partial charge in [-0.2, -0.15) is 5.26 Å². The van der Waals surface area contributed by atoms with Gasteiger partial charge in [-0.25, -0.2) is 33.5 Å². The topological polar surface area (TPSA) is 214 Å². The zero-order valence-electron chi connectivity index (χ0n) is 40.5. The Bertz CT molecular complexity index is 3360. The number of fused-ring (bicyclic) bond motifs is 5. The molecule has 2 saturated heterocycles. The fraction of sp³-hybridized carbons (Fsp3) is 0.321. The summed E-state index contributed by atoms with van der Waals surface area (Å²) in [5.41, 5.74) is 2.85. The molecule has 0 bridgehead atoms. The molecule has 18 nitrogen and oxygen atoms in total. The maximum absolute atomic E-state index is 16.5. The first kappa shape index (κ1) is 48.6. The van der Waals surface area contributed by atoms with E-state index in [0.717, 1.165) is 41.6 Å². The van der Waals surface area contributed by atoms with Crippen LogP contribution in [0.5, 0.6) is 0 Å². The highest BCUT2D eigenvalue weighted by atomic mass is 19.1. The quantitative estimate of drug-likeness (QED) is 0.0649. The van der Waals surface area contributed by atoms with E-state index in [1.54, 1.807) is 68.2 Å². The molecule has 370 valence electrons.